The summed E-state index contributed by atoms with van der Waals surface area (Å²) in [6.45, 7) is 0. The van der Waals surface area contributed by atoms with Crippen LogP contribution in [0, 0.1) is 11.6 Å². The molecule has 0 bridgehead atoms. The third kappa shape index (κ3) is 3.00. The fourth-order valence-corrected chi connectivity index (χ4v) is 1.50. The summed E-state index contributed by atoms with van der Waals surface area (Å²) in [6.07, 6.45) is 1.26. The molecule has 1 aromatic heterocycles. The first kappa shape index (κ1) is 12.0. The number of nitrogens with zero attached hydrogens (tertiary/aromatic N) is 2. The first-order valence-corrected chi connectivity index (χ1v) is 5.57. The molecule has 0 atom stereocenters. The molecule has 0 N–H and O–H groups in total. The van der Waals surface area contributed by atoms with Crippen LogP contribution in [0.15, 0.2) is 22.6 Å². The molecule has 90 valence electrons. The molecule has 3 nitrogen and oxygen atoms in total. The Morgan fingerprint density at radius 2 is 1.82 bits per heavy atom. The van der Waals surface area contributed by atoms with Gasteiger partial charge in [-0.05, 0) is 18.6 Å². The Labute approximate surface area is 101 Å². The van der Waals surface area contributed by atoms with E-state index in [-0.39, 0.29) is 11.5 Å². The number of rotatable bonds is 4. The van der Waals surface area contributed by atoms with Crippen LogP contribution >= 0.6 is 11.6 Å². The topological polar surface area (TPSA) is 38.9 Å². The van der Waals surface area contributed by atoms with Gasteiger partial charge in [-0.1, -0.05) is 0 Å². The average molecular weight is 259 g/mol. The first-order chi connectivity index (χ1) is 8.19. The summed E-state index contributed by atoms with van der Waals surface area (Å²) in [7, 11) is 0. The van der Waals surface area contributed by atoms with Crippen molar-refractivity contribution in [2.75, 3.05) is 5.88 Å². The molecule has 0 saturated heterocycles. The third-order valence-electron chi connectivity index (χ3n) is 2.10. The Kier molecular flexibility index (Phi) is 3.68. The van der Waals surface area contributed by atoms with Crippen LogP contribution in [0.1, 0.15) is 12.3 Å². The molecular weight excluding hydrogens is 250 g/mol. The molecular formula is C11H9ClF2N2O. The second-order valence-electron chi connectivity index (χ2n) is 3.45. The lowest BCUT2D eigenvalue weighted by molar-refractivity contribution is 0.501. The van der Waals surface area contributed by atoms with Gasteiger partial charge in [0, 0.05) is 23.9 Å². The van der Waals surface area contributed by atoms with Gasteiger partial charge in [-0.15, -0.1) is 21.8 Å². The Bertz CT molecular complexity index is 496. The monoisotopic (exact) mass is 258 g/mol. The molecule has 2 aromatic rings. The number of benzene rings is 1. The first-order valence-electron chi connectivity index (χ1n) is 5.04. The van der Waals surface area contributed by atoms with Crippen LogP contribution in [0.3, 0.4) is 0 Å². The lowest BCUT2D eigenvalue weighted by Gasteiger charge is -1.96. The van der Waals surface area contributed by atoms with Crippen LogP contribution in [0.2, 0.25) is 0 Å². The van der Waals surface area contributed by atoms with Crippen LogP contribution in [0.25, 0.3) is 11.5 Å². The van der Waals surface area contributed by atoms with E-state index in [2.05, 4.69) is 10.2 Å². The van der Waals surface area contributed by atoms with Crippen LogP contribution < -0.4 is 0 Å². The molecule has 0 amide bonds. The summed E-state index contributed by atoms with van der Waals surface area (Å²) in [4.78, 5) is 0. The average Bonchev–Trinajstić information content (AvgIpc) is 2.73. The molecule has 0 saturated carbocycles. The summed E-state index contributed by atoms with van der Waals surface area (Å²) in [5, 5.41) is 7.50. The van der Waals surface area contributed by atoms with E-state index in [1.807, 2.05) is 0 Å². The Balaban J connectivity index is 2.24. The maximum Gasteiger partial charge on any atom is 0.247 e. The van der Waals surface area contributed by atoms with Gasteiger partial charge in [0.15, 0.2) is 0 Å². The normalized spacial score (nSPS) is 10.8. The maximum atomic E-state index is 13.0. The van der Waals surface area contributed by atoms with Gasteiger partial charge in [-0.3, -0.25) is 0 Å². The zero-order chi connectivity index (χ0) is 12.3. The molecule has 0 spiro atoms. The molecule has 2 rings (SSSR count). The molecule has 0 aliphatic rings. The van der Waals surface area contributed by atoms with Crippen molar-refractivity contribution in [2.24, 2.45) is 0 Å². The lowest BCUT2D eigenvalue weighted by atomic mass is 10.2. The van der Waals surface area contributed by atoms with Crippen molar-refractivity contribution in [3.8, 4) is 11.5 Å². The van der Waals surface area contributed by atoms with E-state index in [4.69, 9.17) is 16.0 Å². The van der Waals surface area contributed by atoms with Gasteiger partial charge in [0.1, 0.15) is 11.6 Å². The van der Waals surface area contributed by atoms with Crippen LogP contribution in [-0.4, -0.2) is 16.1 Å². The number of alkyl halides is 1. The van der Waals surface area contributed by atoms with Gasteiger partial charge >= 0.3 is 0 Å². The molecule has 1 aromatic carbocycles. The van der Waals surface area contributed by atoms with Crippen molar-refractivity contribution < 1.29 is 13.2 Å². The van der Waals surface area contributed by atoms with Crippen molar-refractivity contribution in [1.82, 2.24) is 10.2 Å². The predicted molar refractivity (Wildman–Crippen MR) is 58.7 cm³/mol. The number of aryl methyl sites for hydroxylation is 1. The second-order valence-corrected chi connectivity index (χ2v) is 3.83. The minimum atomic E-state index is -0.680. The van der Waals surface area contributed by atoms with Crippen molar-refractivity contribution in [1.29, 1.82) is 0 Å². The quantitative estimate of drug-likeness (QED) is 0.791. The number of hydrogen-bond donors (Lipinski definition) is 0. The zero-order valence-corrected chi connectivity index (χ0v) is 9.55. The molecule has 0 unspecified atom stereocenters. The van der Waals surface area contributed by atoms with E-state index in [0.717, 1.165) is 18.2 Å². The molecule has 0 radical (unpaired) electrons. The summed E-state index contributed by atoms with van der Waals surface area (Å²) in [5.41, 5.74) is 0.229. The molecule has 6 heteroatoms. The van der Waals surface area contributed by atoms with Crippen LogP contribution in [-0.2, 0) is 6.42 Å². The van der Waals surface area contributed by atoms with Gasteiger partial charge in [-0.25, -0.2) is 8.78 Å². The summed E-state index contributed by atoms with van der Waals surface area (Å²) < 4.78 is 31.2. The van der Waals surface area contributed by atoms with Gasteiger partial charge in [0.05, 0.1) is 0 Å². The second kappa shape index (κ2) is 5.23. The molecule has 17 heavy (non-hydrogen) atoms. The van der Waals surface area contributed by atoms with Crippen molar-refractivity contribution in [2.45, 2.75) is 12.8 Å². The van der Waals surface area contributed by atoms with Gasteiger partial charge in [0.2, 0.25) is 11.8 Å². The predicted octanol–water partition coefficient (Wildman–Crippen LogP) is 3.19. The van der Waals surface area contributed by atoms with Crippen LogP contribution in [0.4, 0.5) is 8.78 Å². The van der Waals surface area contributed by atoms with E-state index in [1.54, 1.807) is 0 Å². The van der Waals surface area contributed by atoms with Gasteiger partial charge in [-0.2, -0.15) is 0 Å². The fourth-order valence-electron chi connectivity index (χ4n) is 1.37. The van der Waals surface area contributed by atoms with E-state index in [1.165, 1.54) is 0 Å². The highest BCUT2D eigenvalue weighted by atomic mass is 35.5. The smallest absolute Gasteiger partial charge is 0.247 e. The minimum Gasteiger partial charge on any atom is -0.421 e. The SMILES string of the molecule is Fc1cc(F)cc(-c2nnc(CCCCl)o2)c1. The minimum absolute atomic E-state index is 0.105. The molecule has 0 aliphatic heterocycles. The molecule has 0 aliphatic carbocycles. The number of hydrogen-bond acceptors (Lipinski definition) is 3. The zero-order valence-electron chi connectivity index (χ0n) is 8.79. The molecule has 0 fully saturated rings. The van der Waals surface area contributed by atoms with E-state index < -0.39 is 11.6 Å². The van der Waals surface area contributed by atoms with Crippen molar-refractivity contribution in [3.63, 3.8) is 0 Å². The highest BCUT2D eigenvalue weighted by Gasteiger charge is 2.10. The van der Waals surface area contributed by atoms with Gasteiger partial charge < -0.3 is 4.42 Å². The van der Waals surface area contributed by atoms with Gasteiger partial charge in [0.25, 0.3) is 0 Å². The number of aromatic nitrogens is 2. The van der Waals surface area contributed by atoms with Crippen LogP contribution in [0.5, 0.6) is 0 Å². The fraction of sp³-hybridized carbons (Fsp3) is 0.273. The lowest BCUT2D eigenvalue weighted by Crippen LogP contribution is -1.85. The molecule has 1 heterocycles. The van der Waals surface area contributed by atoms with Crippen molar-refractivity contribution >= 4 is 11.6 Å². The maximum absolute atomic E-state index is 13.0. The largest absolute Gasteiger partial charge is 0.421 e. The Morgan fingerprint density at radius 1 is 1.12 bits per heavy atom. The summed E-state index contributed by atoms with van der Waals surface area (Å²) in [5.74, 6) is -0.355. The third-order valence-corrected chi connectivity index (χ3v) is 2.37. The van der Waals surface area contributed by atoms with E-state index >= 15 is 0 Å². The highest BCUT2D eigenvalue weighted by molar-refractivity contribution is 6.17. The van der Waals surface area contributed by atoms with Crippen molar-refractivity contribution in [3.05, 3.63) is 35.7 Å². The number of halogens is 3. The van der Waals surface area contributed by atoms with E-state index in [0.29, 0.717) is 24.6 Å². The summed E-state index contributed by atoms with van der Waals surface area (Å²) in [6, 6.07) is 3.07. The Morgan fingerprint density at radius 3 is 2.47 bits per heavy atom. The highest BCUT2D eigenvalue weighted by Crippen LogP contribution is 2.20. The van der Waals surface area contributed by atoms with E-state index in [9.17, 15) is 8.78 Å². The Hall–Kier alpha value is -1.49. The summed E-state index contributed by atoms with van der Waals surface area (Å²) >= 11 is 5.53. The standard InChI is InChI=1S/C11H9ClF2N2O/c12-3-1-2-10-15-16-11(17-10)7-4-8(13)6-9(14)5-7/h4-6H,1-3H2.